The molecule has 0 aliphatic heterocycles. The van der Waals surface area contributed by atoms with E-state index in [-0.39, 0.29) is 5.82 Å². The molecule has 1 atom stereocenters. The number of aliphatic hydroxyl groups is 1. The SMILES string of the molecule is OC1(c2ccco2)CCc2cc(F)ccc21. The quantitative estimate of drug-likeness (QED) is 0.798. The van der Waals surface area contributed by atoms with E-state index < -0.39 is 5.60 Å². The average Bonchev–Trinajstić information content (AvgIpc) is 2.87. The van der Waals surface area contributed by atoms with Gasteiger partial charge in [0, 0.05) is 0 Å². The zero-order valence-electron chi connectivity index (χ0n) is 8.61. The molecule has 3 heteroatoms. The Morgan fingerprint density at radius 1 is 1.31 bits per heavy atom. The standard InChI is InChI=1S/C13H11FO2/c14-10-3-4-11-9(8-10)5-6-13(11,15)12-2-1-7-16-12/h1-4,7-8,15H,5-6H2. The minimum Gasteiger partial charge on any atom is -0.466 e. The highest BCUT2D eigenvalue weighted by Crippen LogP contribution is 2.42. The van der Waals surface area contributed by atoms with Gasteiger partial charge in [-0.2, -0.15) is 0 Å². The molecule has 0 spiro atoms. The lowest BCUT2D eigenvalue weighted by molar-refractivity contribution is 0.0587. The summed E-state index contributed by atoms with van der Waals surface area (Å²) in [6.07, 6.45) is 2.75. The van der Waals surface area contributed by atoms with Crippen LogP contribution < -0.4 is 0 Å². The van der Waals surface area contributed by atoms with Gasteiger partial charge in [0.1, 0.15) is 17.2 Å². The van der Waals surface area contributed by atoms with Crippen LogP contribution in [0.2, 0.25) is 0 Å². The molecule has 0 fully saturated rings. The Morgan fingerprint density at radius 3 is 2.94 bits per heavy atom. The summed E-state index contributed by atoms with van der Waals surface area (Å²) in [7, 11) is 0. The van der Waals surface area contributed by atoms with Crippen molar-refractivity contribution in [2.45, 2.75) is 18.4 Å². The van der Waals surface area contributed by atoms with Crippen molar-refractivity contribution >= 4 is 0 Å². The third-order valence-electron chi connectivity index (χ3n) is 3.20. The van der Waals surface area contributed by atoms with Crippen LogP contribution >= 0.6 is 0 Å². The van der Waals surface area contributed by atoms with Crippen LogP contribution in [0.4, 0.5) is 4.39 Å². The van der Waals surface area contributed by atoms with Gasteiger partial charge in [0.25, 0.3) is 0 Å². The zero-order valence-corrected chi connectivity index (χ0v) is 8.61. The van der Waals surface area contributed by atoms with Crippen LogP contribution in [0.3, 0.4) is 0 Å². The first kappa shape index (κ1) is 9.60. The number of aryl methyl sites for hydroxylation is 1. The first-order valence-electron chi connectivity index (χ1n) is 5.25. The lowest BCUT2D eigenvalue weighted by Crippen LogP contribution is -2.22. The van der Waals surface area contributed by atoms with Gasteiger partial charge in [-0.25, -0.2) is 4.39 Å². The minimum atomic E-state index is -1.09. The molecule has 0 saturated heterocycles. The van der Waals surface area contributed by atoms with Gasteiger partial charge in [-0.1, -0.05) is 6.07 Å². The van der Waals surface area contributed by atoms with Gasteiger partial charge < -0.3 is 9.52 Å². The lowest BCUT2D eigenvalue weighted by atomic mass is 9.93. The Hall–Kier alpha value is -1.61. The molecule has 0 bridgehead atoms. The Labute approximate surface area is 92.3 Å². The fourth-order valence-corrected chi connectivity index (χ4v) is 2.39. The number of benzene rings is 1. The van der Waals surface area contributed by atoms with E-state index in [0.717, 1.165) is 11.1 Å². The van der Waals surface area contributed by atoms with Gasteiger partial charge in [-0.15, -0.1) is 0 Å². The lowest BCUT2D eigenvalue weighted by Gasteiger charge is -2.21. The summed E-state index contributed by atoms with van der Waals surface area (Å²) in [5.74, 6) is 0.264. The molecule has 1 aliphatic rings. The summed E-state index contributed by atoms with van der Waals surface area (Å²) in [6, 6.07) is 7.99. The maximum atomic E-state index is 13.1. The largest absolute Gasteiger partial charge is 0.466 e. The predicted octanol–water partition coefficient (Wildman–Crippen LogP) is 2.60. The number of hydrogen-bond acceptors (Lipinski definition) is 2. The van der Waals surface area contributed by atoms with Crippen molar-refractivity contribution in [2.75, 3.05) is 0 Å². The third kappa shape index (κ3) is 1.21. The van der Waals surface area contributed by atoms with Crippen molar-refractivity contribution < 1.29 is 13.9 Å². The zero-order chi connectivity index (χ0) is 11.2. The number of halogens is 1. The molecule has 0 saturated carbocycles. The Kier molecular flexibility index (Phi) is 1.91. The molecule has 82 valence electrons. The van der Waals surface area contributed by atoms with Gasteiger partial charge in [0.15, 0.2) is 0 Å². The van der Waals surface area contributed by atoms with Crippen LogP contribution in [0.5, 0.6) is 0 Å². The second-order valence-electron chi connectivity index (χ2n) is 4.14. The maximum Gasteiger partial charge on any atom is 0.148 e. The van der Waals surface area contributed by atoms with Gasteiger partial charge in [-0.3, -0.25) is 0 Å². The predicted molar refractivity (Wildman–Crippen MR) is 56.4 cm³/mol. The minimum absolute atomic E-state index is 0.262. The molecule has 16 heavy (non-hydrogen) atoms. The molecular formula is C13H11FO2. The fourth-order valence-electron chi connectivity index (χ4n) is 2.39. The first-order chi connectivity index (χ1) is 7.70. The van der Waals surface area contributed by atoms with Crippen molar-refractivity contribution in [2.24, 2.45) is 0 Å². The molecule has 2 aromatic rings. The van der Waals surface area contributed by atoms with Crippen LogP contribution in [0.1, 0.15) is 23.3 Å². The summed E-state index contributed by atoms with van der Waals surface area (Å²) in [5, 5.41) is 10.6. The molecule has 1 heterocycles. The summed E-state index contributed by atoms with van der Waals surface area (Å²) in [5.41, 5.74) is 0.523. The first-order valence-corrected chi connectivity index (χ1v) is 5.25. The van der Waals surface area contributed by atoms with Gasteiger partial charge in [0.2, 0.25) is 0 Å². The Balaban J connectivity index is 2.15. The van der Waals surface area contributed by atoms with Gasteiger partial charge >= 0.3 is 0 Å². The molecule has 2 nitrogen and oxygen atoms in total. The molecular weight excluding hydrogens is 207 g/mol. The topological polar surface area (TPSA) is 33.4 Å². The summed E-state index contributed by atoms with van der Waals surface area (Å²) < 4.78 is 18.3. The Bertz CT molecular complexity index is 519. The van der Waals surface area contributed by atoms with Crippen LogP contribution in [-0.2, 0) is 12.0 Å². The highest BCUT2D eigenvalue weighted by molar-refractivity contribution is 5.42. The molecule has 3 rings (SSSR count). The third-order valence-corrected chi connectivity index (χ3v) is 3.20. The van der Waals surface area contributed by atoms with E-state index in [2.05, 4.69) is 0 Å². The molecule has 0 radical (unpaired) electrons. The highest BCUT2D eigenvalue weighted by atomic mass is 19.1. The number of hydrogen-bond donors (Lipinski definition) is 1. The second-order valence-corrected chi connectivity index (χ2v) is 4.14. The van der Waals surface area contributed by atoms with Gasteiger partial charge in [-0.05, 0) is 48.2 Å². The van der Waals surface area contributed by atoms with Crippen molar-refractivity contribution in [3.63, 3.8) is 0 Å². The van der Waals surface area contributed by atoms with E-state index in [4.69, 9.17) is 4.42 Å². The van der Waals surface area contributed by atoms with Crippen LogP contribution in [0.15, 0.2) is 41.0 Å². The normalized spacial score (nSPS) is 23.4. The fraction of sp³-hybridized carbons (Fsp3) is 0.231. The summed E-state index contributed by atoms with van der Waals surface area (Å²) >= 11 is 0. The molecule has 1 N–H and O–H groups in total. The molecule has 0 amide bonds. The van der Waals surface area contributed by atoms with Crippen molar-refractivity contribution in [1.82, 2.24) is 0 Å². The summed E-state index contributed by atoms with van der Waals surface area (Å²) in [4.78, 5) is 0. The number of rotatable bonds is 1. The van der Waals surface area contributed by atoms with Crippen LogP contribution in [-0.4, -0.2) is 5.11 Å². The van der Waals surface area contributed by atoms with E-state index in [9.17, 15) is 9.50 Å². The van der Waals surface area contributed by atoms with E-state index in [0.29, 0.717) is 18.6 Å². The van der Waals surface area contributed by atoms with Crippen molar-refractivity contribution in [3.8, 4) is 0 Å². The van der Waals surface area contributed by atoms with Crippen molar-refractivity contribution in [3.05, 3.63) is 59.3 Å². The van der Waals surface area contributed by atoms with E-state index in [1.54, 1.807) is 18.2 Å². The average molecular weight is 218 g/mol. The summed E-state index contributed by atoms with van der Waals surface area (Å²) in [6.45, 7) is 0. The number of fused-ring (bicyclic) bond motifs is 1. The van der Waals surface area contributed by atoms with Gasteiger partial charge in [0.05, 0.1) is 6.26 Å². The second kappa shape index (κ2) is 3.19. The van der Waals surface area contributed by atoms with Crippen molar-refractivity contribution in [1.29, 1.82) is 0 Å². The molecule has 1 aromatic carbocycles. The van der Waals surface area contributed by atoms with Crippen LogP contribution in [0.25, 0.3) is 0 Å². The highest BCUT2D eigenvalue weighted by Gasteiger charge is 2.40. The van der Waals surface area contributed by atoms with Crippen LogP contribution in [0, 0.1) is 5.82 Å². The van der Waals surface area contributed by atoms with E-state index in [1.165, 1.54) is 18.4 Å². The smallest absolute Gasteiger partial charge is 0.148 e. The molecule has 1 aliphatic carbocycles. The maximum absolute atomic E-state index is 13.1. The number of furan rings is 1. The van der Waals surface area contributed by atoms with E-state index >= 15 is 0 Å². The monoisotopic (exact) mass is 218 g/mol. The molecule has 1 unspecified atom stereocenters. The van der Waals surface area contributed by atoms with E-state index in [1.807, 2.05) is 0 Å². The Morgan fingerprint density at radius 2 is 2.19 bits per heavy atom. The molecule has 1 aromatic heterocycles.